The summed E-state index contributed by atoms with van der Waals surface area (Å²) < 4.78 is 18.0. The number of amides is 2. The van der Waals surface area contributed by atoms with Crippen LogP contribution in [-0.2, 0) is 25.7 Å². The van der Waals surface area contributed by atoms with Gasteiger partial charge in [0, 0.05) is 0 Å². The summed E-state index contributed by atoms with van der Waals surface area (Å²) in [6, 6.07) is 4.62. The molecule has 1 saturated heterocycles. The van der Waals surface area contributed by atoms with Crippen molar-refractivity contribution in [2.24, 2.45) is 11.8 Å². The van der Waals surface area contributed by atoms with Gasteiger partial charge < -0.3 is 4.74 Å². The maximum Gasteiger partial charge on any atom is 0.329 e. The van der Waals surface area contributed by atoms with Gasteiger partial charge in [0.1, 0.15) is 18.5 Å². The molecule has 0 saturated carbocycles. The van der Waals surface area contributed by atoms with E-state index in [1.54, 1.807) is 0 Å². The van der Waals surface area contributed by atoms with E-state index in [9.17, 15) is 18.8 Å². The summed E-state index contributed by atoms with van der Waals surface area (Å²) in [6.45, 7) is 1.46. The molecule has 0 radical (unpaired) electrons. The lowest BCUT2D eigenvalue weighted by Crippen LogP contribution is -2.44. The Morgan fingerprint density at radius 2 is 1.71 bits per heavy atom. The fraction of sp³-hybridized carbons (Fsp3) is 0.389. The predicted octanol–water partition coefficient (Wildman–Crippen LogP) is 2.21. The minimum absolute atomic E-state index is 0.0336. The lowest BCUT2D eigenvalue weighted by atomic mass is 9.85. The standard InChI is InChI=1S/C18H18FNO4/c1-11(18(23)24-10-12-6-8-13(19)9-7-12)20-16(21)14-4-2-3-5-15(14)17(20)22/h2-3,6-9,11,14-15H,4-5,10H2,1H3/t11-,14-,15-/m0/s1. The van der Waals surface area contributed by atoms with Gasteiger partial charge in [0.25, 0.3) is 0 Å². The van der Waals surface area contributed by atoms with E-state index in [0.717, 1.165) is 4.90 Å². The molecular weight excluding hydrogens is 313 g/mol. The van der Waals surface area contributed by atoms with Crippen LogP contribution in [0.1, 0.15) is 25.3 Å². The second kappa shape index (κ2) is 6.55. The van der Waals surface area contributed by atoms with Crippen LogP contribution >= 0.6 is 0 Å². The molecule has 5 nitrogen and oxygen atoms in total. The Hall–Kier alpha value is -2.50. The Bertz CT molecular complexity index is 671. The minimum Gasteiger partial charge on any atom is -0.459 e. The quantitative estimate of drug-likeness (QED) is 0.482. The van der Waals surface area contributed by atoms with Crippen molar-refractivity contribution in [3.05, 3.63) is 47.8 Å². The van der Waals surface area contributed by atoms with E-state index < -0.39 is 12.0 Å². The first kappa shape index (κ1) is 16.4. The van der Waals surface area contributed by atoms with Crippen molar-refractivity contribution >= 4 is 17.8 Å². The molecule has 1 aromatic carbocycles. The van der Waals surface area contributed by atoms with Gasteiger partial charge in [-0.3, -0.25) is 14.5 Å². The first-order chi connectivity index (χ1) is 11.5. The van der Waals surface area contributed by atoms with E-state index in [1.807, 2.05) is 12.2 Å². The number of carbonyl (C=O) groups is 3. The Kier molecular flexibility index (Phi) is 4.46. The van der Waals surface area contributed by atoms with Crippen molar-refractivity contribution in [3.8, 4) is 0 Å². The molecule has 2 amide bonds. The molecule has 3 atom stereocenters. The number of nitrogens with zero attached hydrogens (tertiary/aromatic N) is 1. The number of rotatable bonds is 4. The normalized spacial score (nSPS) is 24.0. The zero-order valence-corrected chi connectivity index (χ0v) is 13.3. The largest absolute Gasteiger partial charge is 0.459 e. The van der Waals surface area contributed by atoms with Crippen LogP contribution in [0.3, 0.4) is 0 Å². The number of allylic oxidation sites excluding steroid dienone is 2. The molecule has 1 heterocycles. The van der Waals surface area contributed by atoms with Crippen molar-refractivity contribution in [2.45, 2.75) is 32.4 Å². The van der Waals surface area contributed by atoms with E-state index >= 15 is 0 Å². The third-order valence-electron chi connectivity index (χ3n) is 4.56. The molecule has 2 aliphatic rings. The van der Waals surface area contributed by atoms with E-state index in [4.69, 9.17) is 4.74 Å². The lowest BCUT2D eigenvalue weighted by Gasteiger charge is -2.21. The first-order valence-corrected chi connectivity index (χ1v) is 7.92. The molecule has 0 spiro atoms. The topological polar surface area (TPSA) is 63.7 Å². The number of benzene rings is 1. The van der Waals surface area contributed by atoms with Crippen LogP contribution in [0.4, 0.5) is 4.39 Å². The van der Waals surface area contributed by atoms with Gasteiger partial charge in [-0.15, -0.1) is 0 Å². The SMILES string of the molecule is C[C@@H](C(=O)OCc1ccc(F)cc1)N1C(=O)[C@H]2CC=CC[C@@H]2C1=O. The van der Waals surface area contributed by atoms with E-state index in [0.29, 0.717) is 18.4 Å². The highest BCUT2D eigenvalue weighted by Gasteiger charge is 2.50. The van der Waals surface area contributed by atoms with Crippen LogP contribution in [0, 0.1) is 17.7 Å². The monoisotopic (exact) mass is 331 g/mol. The van der Waals surface area contributed by atoms with Gasteiger partial charge in [0.15, 0.2) is 0 Å². The Labute approximate surface area is 139 Å². The number of imide groups is 1. The molecule has 1 fully saturated rings. The number of ether oxygens (including phenoxy) is 1. The van der Waals surface area contributed by atoms with Crippen LogP contribution in [0.15, 0.2) is 36.4 Å². The van der Waals surface area contributed by atoms with Crippen LogP contribution in [0.2, 0.25) is 0 Å². The number of hydrogen-bond donors (Lipinski definition) is 0. The number of halogens is 1. The predicted molar refractivity (Wildman–Crippen MR) is 82.9 cm³/mol. The molecule has 6 heteroatoms. The third kappa shape index (κ3) is 2.96. The molecule has 1 aliphatic heterocycles. The number of carbonyl (C=O) groups excluding carboxylic acids is 3. The minimum atomic E-state index is -0.962. The van der Waals surface area contributed by atoms with Crippen molar-refractivity contribution in [1.82, 2.24) is 4.90 Å². The molecule has 0 bridgehead atoms. The van der Waals surface area contributed by atoms with E-state index in [2.05, 4.69) is 0 Å². The Morgan fingerprint density at radius 3 is 2.25 bits per heavy atom. The molecule has 0 N–H and O–H groups in total. The van der Waals surface area contributed by atoms with Crippen LogP contribution in [-0.4, -0.2) is 28.7 Å². The zero-order valence-electron chi connectivity index (χ0n) is 13.3. The zero-order chi connectivity index (χ0) is 17.3. The van der Waals surface area contributed by atoms with Crippen molar-refractivity contribution in [1.29, 1.82) is 0 Å². The highest BCUT2D eigenvalue weighted by Crippen LogP contribution is 2.36. The van der Waals surface area contributed by atoms with Crippen molar-refractivity contribution < 1.29 is 23.5 Å². The second-order valence-electron chi connectivity index (χ2n) is 6.11. The molecule has 24 heavy (non-hydrogen) atoms. The maximum absolute atomic E-state index is 12.9. The molecule has 3 rings (SSSR count). The van der Waals surface area contributed by atoms with Crippen molar-refractivity contribution in [3.63, 3.8) is 0 Å². The fourth-order valence-corrected chi connectivity index (χ4v) is 3.17. The summed E-state index contributed by atoms with van der Waals surface area (Å²) in [6.07, 6.45) is 4.85. The highest BCUT2D eigenvalue weighted by atomic mass is 19.1. The molecule has 1 aromatic rings. The molecule has 0 unspecified atom stereocenters. The molecule has 126 valence electrons. The average Bonchev–Trinajstić information content (AvgIpc) is 2.85. The van der Waals surface area contributed by atoms with Gasteiger partial charge in [0.2, 0.25) is 11.8 Å². The summed E-state index contributed by atoms with van der Waals surface area (Å²) in [4.78, 5) is 38.1. The number of fused-ring (bicyclic) bond motifs is 1. The Morgan fingerprint density at radius 1 is 1.17 bits per heavy atom. The molecular formula is C18H18FNO4. The van der Waals surface area contributed by atoms with E-state index in [1.165, 1.54) is 31.2 Å². The van der Waals surface area contributed by atoms with Gasteiger partial charge in [-0.05, 0) is 37.5 Å². The summed E-state index contributed by atoms with van der Waals surface area (Å²) >= 11 is 0. The summed E-state index contributed by atoms with van der Waals surface area (Å²) in [5, 5.41) is 0. The summed E-state index contributed by atoms with van der Waals surface area (Å²) in [7, 11) is 0. The summed E-state index contributed by atoms with van der Waals surface area (Å²) in [5.74, 6) is -2.36. The van der Waals surface area contributed by atoms with Crippen LogP contribution in [0.5, 0.6) is 0 Å². The number of hydrogen-bond acceptors (Lipinski definition) is 4. The third-order valence-corrected chi connectivity index (χ3v) is 4.56. The van der Waals surface area contributed by atoms with Gasteiger partial charge in [-0.25, -0.2) is 9.18 Å². The molecule has 1 aliphatic carbocycles. The second-order valence-corrected chi connectivity index (χ2v) is 6.11. The fourth-order valence-electron chi connectivity index (χ4n) is 3.17. The van der Waals surface area contributed by atoms with Gasteiger partial charge in [0.05, 0.1) is 11.8 Å². The van der Waals surface area contributed by atoms with Crippen LogP contribution in [0.25, 0.3) is 0 Å². The smallest absolute Gasteiger partial charge is 0.329 e. The summed E-state index contributed by atoms with van der Waals surface area (Å²) in [5.41, 5.74) is 0.633. The lowest BCUT2D eigenvalue weighted by molar-refractivity contribution is -0.159. The van der Waals surface area contributed by atoms with E-state index in [-0.39, 0.29) is 36.1 Å². The first-order valence-electron chi connectivity index (χ1n) is 7.92. The van der Waals surface area contributed by atoms with Crippen LogP contribution < -0.4 is 0 Å². The van der Waals surface area contributed by atoms with Gasteiger partial charge >= 0.3 is 5.97 Å². The molecule has 0 aromatic heterocycles. The maximum atomic E-state index is 12.9. The van der Waals surface area contributed by atoms with Crippen molar-refractivity contribution in [2.75, 3.05) is 0 Å². The number of esters is 1. The van der Waals surface area contributed by atoms with Gasteiger partial charge in [-0.2, -0.15) is 0 Å². The van der Waals surface area contributed by atoms with Gasteiger partial charge in [-0.1, -0.05) is 24.3 Å². The Balaban J connectivity index is 1.64. The average molecular weight is 331 g/mol. The number of likely N-dealkylation sites (tertiary alicyclic amines) is 1. The highest BCUT2D eigenvalue weighted by molar-refractivity contribution is 6.08.